The van der Waals surface area contributed by atoms with E-state index in [9.17, 15) is 4.79 Å². The maximum atomic E-state index is 12.0. The van der Waals surface area contributed by atoms with E-state index in [2.05, 4.69) is 49.2 Å². The molecule has 23 heavy (non-hydrogen) atoms. The van der Waals surface area contributed by atoms with Gasteiger partial charge < -0.3 is 14.5 Å². The van der Waals surface area contributed by atoms with Gasteiger partial charge in [-0.25, -0.2) is 4.79 Å². The number of hydrogen-bond donors (Lipinski definition) is 1. The molecule has 0 aliphatic carbocycles. The standard InChI is InChI=1S/C15H32N4O3Si/c1-11(18-19-16)12(17-13(20)22-14(2,3)4)10-21-23(8,9)15(5,6)7/h11-12H,10H2,1-9H3,(H,17,20). The van der Waals surface area contributed by atoms with Crippen molar-refractivity contribution in [1.29, 1.82) is 0 Å². The Balaban J connectivity index is 4.97. The third kappa shape index (κ3) is 8.25. The molecule has 1 amide bonds. The van der Waals surface area contributed by atoms with Gasteiger partial charge in [0.2, 0.25) is 0 Å². The van der Waals surface area contributed by atoms with E-state index in [1.807, 2.05) is 0 Å². The third-order valence-corrected chi connectivity index (χ3v) is 8.45. The first-order valence-electron chi connectivity index (χ1n) is 7.87. The molecule has 8 heteroatoms. The van der Waals surface area contributed by atoms with Crippen molar-refractivity contribution in [3.63, 3.8) is 0 Å². The second-order valence-corrected chi connectivity index (χ2v) is 13.1. The molecule has 0 spiro atoms. The van der Waals surface area contributed by atoms with Crippen LogP contribution in [0.3, 0.4) is 0 Å². The minimum atomic E-state index is -1.96. The van der Waals surface area contributed by atoms with Crippen LogP contribution in [0.15, 0.2) is 5.11 Å². The van der Waals surface area contributed by atoms with E-state index in [0.717, 1.165) is 0 Å². The second kappa shape index (κ2) is 8.03. The van der Waals surface area contributed by atoms with Crippen LogP contribution in [0.4, 0.5) is 4.79 Å². The molecular weight excluding hydrogens is 312 g/mol. The smallest absolute Gasteiger partial charge is 0.407 e. The average Bonchev–Trinajstić information content (AvgIpc) is 2.30. The molecule has 2 atom stereocenters. The highest BCUT2D eigenvalue weighted by Gasteiger charge is 2.38. The summed E-state index contributed by atoms with van der Waals surface area (Å²) >= 11 is 0. The maximum Gasteiger partial charge on any atom is 0.407 e. The Morgan fingerprint density at radius 1 is 1.26 bits per heavy atom. The fraction of sp³-hybridized carbons (Fsp3) is 0.933. The minimum Gasteiger partial charge on any atom is -0.444 e. The van der Waals surface area contributed by atoms with Crippen molar-refractivity contribution in [2.45, 2.75) is 84.3 Å². The van der Waals surface area contributed by atoms with Gasteiger partial charge in [-0.15, -0.1) is 0 Å². The quantitative estimate of drug-likeness (QED) is 0.330. The number of nitrogens with one attached hydrogen (secondary N) is 1. The molecule has 0 aliphatic heterocycles. The van der Waals surface area contributed by atoms with E-state index in [4.69, 9.17) is 14.7 Å². The zero-order valence-electron chi connectivity index (χ0n) is 15.9. The van der Waals surface area contributed by atoms with Crippen LogP contribution < -0.4 is 5.32 Å². The van der Waals surface area contributed by atoms with Crippen molar-refractivity contribution >= 4 is 14.4 Å². The molecule has 7 nitrogen and oxygen atoms in total. The van der Waals surface area contributed by atoms with E-state index in [1.54, 1.807) is 27.7 Å². The molecule has 0 saturated heterocycles. The lowest BCUT2D eigenvalue weighted by molar-refractivity contribution is 0.0476. The molecule has 0 fully saturated rings. The van der Waals surface area contributed by atoms with E-state index in [-0.39, 0.29) is 11.6 Å². The summed E-state index contributed by atoms with van der Waals surface area (Å²) in [7, 11) is -1.96. The first-order valence-corrected chi connectivity index (χ1v) is 10.8. The molecule has 2 unspecified atom stereocenters. The van der Waals surface area contributed by atoms with Gasteiger partial charge in [0.25, 0.3) is 0 Å². The highest BCUT2D eigenvalue weighted by molar-refractivity contribution is 6.74. The van der Waals surface area contributed by atoms with Gasteiger partial charge in [0.05, 0.1) is 18.7 Å². The predicted molar refractivity (Wildman–Crippen MR) is 94.9 cm³/mol. The van der Waals surface area contributed by atoms with Crippen molar-refractivity contribution in [2.75, 3.05) is 6.61 Å². The molecule has 0 aromatic rings. The van der Waals surface area contributed by atoms with Crippen molar-refractivity contribution < 1.29 is 14.0 Å². The number of nitrogens with zero attached hydrogens (tertiary/aromatic N) is 3. The van der Waals surface area contributed by atoms with E-state index in [1.165, 1.54) is 0 Å². The first kappa shape index (κ1) is 21.8. The summed E-state index contributed by atoms with van der Waals surface area (Å²) in [5.74, 6) is 0. The van der Waals surface area contributed by atoms with Crippen LogP contribution in [0.5, 0.6) is 0 Å². The van der Waals surface area contributed by atoms with Crippen LogP contribution in [0.25, 0.3) is 10.4 Å². The zero-order chi connectivity index (χ0) is 18.5. The summed E-state index contributed by atoms with van der Waals surface area (Å²) in [5.41, 5.74) is 8.06. The molecular formula is C15H32N4O3Si. The first-order chi connectivity index (χ1) is 10.2. The number of azide groups is 1. The zero-order valence-corrected chi connectivity index (χ0v) is 16.9. The van der Waals surface area contributed by atoms with Crippen LogP contribution in [0, 0.1) is 0 Å². The molecule has 0 radical (unpaired) electrons. The summed E-state index contributed by atoms with van der Waals surface area (Å²) in [6.07, 6.45) is -0.540. The van der Waals surface area contributed by atoms with E-state index < -0.39 is 32.1 Å². The summed E-state index contributed by atoms with van der Waals surface area (Å²) in [4.78, 5) is 14.8. The molecule has 0 bridgehead atoms. The molecule has 134 valence electrons. The highest BCUT2D eigenvalue weighted by Crippen LogP contribution is 2.36. The van der Waals surface area contributed by atoms with Crippen LogP contribution >= 0.6 is 0 Å². The van der Waals surface area contributed by atoms with Crippen LogP contribution in [0.1, 0.15) is 48.5 Å². The number of ether oxygens (including phenoxy) is 1. The molecule has 0 saturated carbocycles. The summed E-state index contributed by atoms with van der Waals surface area (Å²) in [5, 5.41) is 6.50. The lowest BCUT2D eigenvalue weighted by Gasteiger charge is -2.38. The van der Waals surface area contributed by atoms with Gasteiger partial charge in [0, 0.05) is 4.91 Å². The van der Waals surface area contributed by atoms with Crippen LogP contribution in [0.2, 0.25) is 18.1 Å². The minimum absolute atomic E-state index is 0.0607. The number of hydrogen-bond acceptors (Lipinski definition) is 4. The lowest BCUT2D eigenvalue weighted by atomic mass is 10.1. The van der Waals surface area contributed by atoms with Gasteiger partial charge >= 0.3 is 6.09 Å². The SMILES string of the molecule is CC(N=[N+]=[N-])C(CO[Si](C)(C)C(C)(C)C)NC(=O)OC(C)(C)C. The molecule has 1 N–H and O–H groups in total. The van der Waals surface area contributed by atoms with Crippen LogP contribution in [-0.4, -0.2) is 38.7 Å². The maximum absolute atomic E-state index is 12.0. The molecule has 0 aromatic heterocycles. The molecule has 0 aliphatic rings. The van der Waals surface area contributed by atoms with Crippen molar-refractivity contribution in [3.8, 4) is 0 Å². The predicted octanol–water partition coefficient (Wildman–Crippen LogP) is 4.60. The van der Waals surface area contributed by atoms with Crippen molar-refractivity contribution in [3.05, 3.63) is 10.4 Å². The number of carbonyl (C=O) groups excluding carboxylic acids is 1. The van der Waals surface area contributed by atoms with Gasteiger partial charge in [0.15, 0.2) is 8.32 Å². The average molecular weight is 345 g/mol. The Kier molecular flexibility index (Phi) is 7.60. The Hall–Kier alpha value is -1.24. The van der Waals surface area contributed by atoms with Gasteiger partial charge in [0.1, 0.15) is 5.60 Å². The fourth-order valence-corrected chi connectivity index (χ4v) is 2.47. The topological polar surface area (TPSA) is 96.3 Å². The Bertz CT molecular complexity index is 449. The highest BCUT2D eigenvalue weighted by atomic mass is 28.4. The van der Waals surface area contributed by atoms with E-state index >= 15 is 0 Å². The number of alkyl carbamates (subject to hydrolysis) is 1. The van der Waals surface area contributed by atoms with Crippen molar-refractivity contribution in [1.82, 2.24) is 5.32 Å². The summed E-state index contributed by atoms with van der Waals surface area (Å²) in [6.45, 7) is 18.1. The lowest BCUT2D eigenvalue weighted by Crippen LogP contribution is -2.50. The van der Waals surface area contributed by atoms with Gasteiger partial charge in [-0.05, 0) is 44.4 Å². The summed E-state index contributed by atoms with van der Waals surface area (Å²) < 4.78 is 11.4. The number of amides is 1. The Morgan fingerprint density at radius 3 is 2.17 bits per heavy atom. The summed E-state index contributed by atoms with van der Waals surface area (Å²) in [6, 6.07) is -0.868. The third-order valence-electron chi connectivity index (χ3n) is 3.95. The van der Waals surface area contributed by atoms with Crippen LogP contribution in [-0.2, 0) is 9.16 Å². The Labute approximate surface area is 140 Å². The van der Waals surface area contributed by atoms with E-state index in [0.29, 0.717) is 0 Å². The van der Waals surface area contributed by atoms with Gasteiger partial charge in [-0.2, -0.15) is 0 Å². The van der Waals surface area contributed by atoms with Crippen molar-refractivity contribution in [2.24, 2.45) is 5.11 Å². The monoisotopic (exact) mass is 344 g/mol. The fourth-order valence-electron chi connectivity index (χ4n) is 1.44. The second-order valence-electron chi connectivity index (χ2n) is 8.27. The molecule has 0 heterocycles. The normalized spacial score (nSPS) is 15.3. The number of rotatable bonds is 6. The van der Waals surface area contributed by atoms with Gasteiger partial charge in [-0.1, -0.05) is 32.8 Å². The molecule has 0 aromatic carbocycles. The van der Waals surface area contributed by atoms with Gasteiger partial charge in [-0.3, -0.25) is 0 Å². The Morgan fingerprint density at radius 2 is 1.78 bits per heavy atom. The molecule has 0 rings (SSSR count). The number of carbonyl (C=O) groups is 1. The largest absolute Gasteiger partial charge is 0.444 e.